The van der Waals surface area contributed by atoms with Gasteiger partial charge >= 0.3 is 6.09 Å². The minimum absolute atomic E-state index is 0.285. The molecule has 158 valence electrons. The van der Waals surface area contributed by atoms with E-state index >= 15 is 0 Å². The van der Waals surface area contributed by atoms with E-state index < -0.39 is 5.60 Å². The Labute approximate surface area is 178 Å². The lowest BCUT2D eigenvalue weighted by Gasteiger charge is -2.38. The topological polar surface area (TPSA) is 61.8 Å². The number of hydrogen-bond donors (Lipinski definition) is 2. The number of ether oxygens (including phenoxy) is 1. The lowest BCUT2D eigenvalue weighted by atomic mass is 9.91. The van der Waals surface area contributed by atoms with E-state index in [1.165, 1.54) is 24.0 Å². The maximum absolute atomic E-state index is 12.4. The van der Waals surface area contributed by atoms with E-state index in [0.717, 1.165) is 12.0 Å². The van der Waals surface area contributed by atoms with Crippen molar-refractivity contribution in [2.24, 2.45) is 0 Å². The standard InChI is InChI=1S/C25H30N2O3/c28-23(30-17-19-6-2-1-3-7-19)27-14-12-24(29,13-15-27)18-26-22-16-25(22)11-10-20-8-4-5-9-21(20)25/h1-9,22,26,29H,10-18H2/t22?,25-/m1/s1. The molecule has 1 heterocycles. The Morgan fingerprint density at radius 3 is 2.60 bits per heavy atom. The second-order valence-electron chi connectivity index (χ2n) is 9.20. The van der Waals surface area contributed by atoms with Gasteiger partial charge in [-0.3, -0.25) is 0 Å². The van der Waals surface area contributed by atoms with Gasteiger partial charge in [0.25, 0.3) is 0 Å². The highest BCUT2D eigenvalue weighted by Crippen LogP contribution is 2.56. The van der Waals surface area contributed by atoms with Crippen LogP contribution in [0.1, 0.15) is 42.4 Å². The van der Waals surface area contributed by atoms with Crippen molar-refractivity contribution in [1.82, 2.24) is 10.2 Å². The molecule has 5 rings (SSSR count). The van der Waals surface area contributed by atoms with E-state index in [1.807, 2.05) is 30.3 Å². The number of aliphatic hydroxyl groups is 1. The molecule has 1 spiro atoms. The van der Waals surface area contributed by atoms with E-state index in [9.17, 15) is 9.90 Å². The number of hydrogen-bond acceptors (Lipinski definition) is 4. The van der Waals surface area contributed by atoms with Crippen LogP contribution in [0.5, 0.6) is 0 Å². The average Bonchev–Trinajstić information content (AvgIpc) is 3.38. The smallest absolute Gasteiger partial charge is 0.410 e. The maximum atomic E-state index is 12.4. The third-order valence-electron chi connectivity index (χ3n) is 7.30. The van der Waals surface area contributed by atoms with Gasteiger partial charge in [0.05, 0.1) is 5.60 Å². The third-order valence-corrected chi connectivity index (χ3v) is 7.30. The van der Waals surface area contributed by atoms with Crippen molar-refractivity contribution in [2.75, 3.05) is 19.6 Å². The average molecular weight is 407 g/mol. The molecule has 2 atom stereocenters. The Hall–Kier alpha value is -2.37. The largest absolute Gasteiger partial charge is 0.445 e. The number of carbonyl (C=O) groups is 1. The minimum atomic E-state index is -0.752. The van der Waals surface area contributed by atoms with Gasteiger partial charge in [-0.15, -0.1) is 0 Å². The van der Waals surface area contributed by atoms with Crippen LogP contribution in [0.15, 0.2) is 54.6 Å². The Morgan fingerprint density at radius 2 is 1.80 bits per heavy atom. The molecule has 1 unspecified atom stereocenters. The van der Waals surface area contributed by atoms with Crippen LogP contribution in [-0.2, 0) is 23.2 Å². The Balaban J connectivity index is 1.09. The highest BCUT2D eigenvalue weighted by atomic mass is 16.6. The number of piperidine rings is 1. The molecule has 2 N–H and O–H groups in total. The van der Waals surface area contributed by atoms with Gasteiger partial charge in [0.15, 0.2) is 0 Å². The van der Waals surface area contributed by atoms with Gasteiger partial charge in [-0.2, -0.15) is 0 Å². The summed E-state index contributed by atoms with van der Waals surface area (Å²) in [5.41, 5.74) is 3.51. The van der Waals surface area contributed by atoms with Crippen LogP contribution in [0.3, 0.4) is 0 Å². The molecule has 1 amide bonds. The SMILES string of the molecule is O=C(OCc1ccccc1)N1CCC(O)(CNC2C[C@@]23CCc2ccccc23)CC1. The van der Waals surface area contributed by atoms with Crippen molar-refractivity contribution in [3.63, 3.8) is 0 Å². The number of benzene rings is 2. The van der Waals surface area contributed by atoms with Crippen molar-refractivity contribution >= 4 is 6.09 Å². The first-order valence-electron chi connectivity index (χ1n) is 11.1. The van der Waals surface area contributed by atoms with Crippen LogP contribution in [0, 0.1) is 0 Å². The zero-order valence-corrected chi connectivity index (χ0v) is 17.3. The normalized spacial score (nSPS) is 26.4. The number of fused-ring (bicyclic) bond motifs is 2. The molecule has 2 aromatic rings. The van der Waals surface area contributed by atoms with Crippen LogP contribution in [-0.4, -0.2) is 47.4 Å². The van der Waals surface area contributed by atoms with Crippen LogP contribution in [0.25, 0.3) is 0 Å². The number of rotatable bonds is 5. The molecular weight excluding hydrogens is 376 g/mol. The van der Waals surface area contributed by atoms with Gasteiger partial charge in [-0.25, -0.2) is 4.79 Å². The molecule has 5 heteroatoms. The zero-order chi connectivity index (χ0) is 20.6. The predicted octanol–water partition coefficient (Wildman–Crippen LogP) is 3.40. The molecule has 1 aliphatic heterocycles. The number of nitrogens with one attached hydrogen (secondary N) is 1. The number of aryl methyl sites for hydroxylation is 1. The fourth-order valence-corrected chi connectivity index (χ4v) is 5.27. The van der Waals surface area contributed by atoms with Crippen molar-refractivity contribution in [3.8, 4) is 0 Å². The van der Waals surface area contributed by atoms with Crippen LogP contribution in [0.2, 0.25) is 0 Å². The minimum Gasteiger partial charge on any atom is -0.445 e. The van der Waals surface area contributed by atoms with Crippen LogP contribution >= 0.6 is 0 Å². The lowest BCUT2D eigenvalue weighted by Crippen LogP contribution is -2.52. The highest BCUT2D eigenvalue weighted by Gasteiger charge is 2.58. The Bertz CT molecular complexity index is 908. The summed E-state index contributed by atoms with van der Waals surface area (Å²) in [4.78, 5) is 14.1. The molecule has 0 radical (unpaired) electrons. The van der Waals surface area contributed by atoms with Crippen molar-refractivity contribution in [1.29, 1.82) is 0 Å². The molecule has 1 saturated heterocycles. The summed E-state index contributed by atoms with van der Waals surface area (Å²) in [6, 6.07) is 19.0. The first kappa shape index (κ1) is 19.6. The summed E-state index contributed by atoms with van der Waals surface area (Å²) < 4.78 is 5.43. The van der Waals surface area contributed by atoms with Gasteiger partial charge in [0, 0.05) is 31.1 Å². The summed E-state index contributed by atoms with van der Waals surface area (Å²) in [5.74, 6) is 0. The van der Waals surface area contributed by atoms with E-state index in [4.69, 9.17) is 4.74 Å². The van der Waals surface area contributed by atoms with Gasteiger partial charge in [0.1, 0.15) is 6.61 Å². The lowest BCUT2D eigenvalue weighted by molar-refractivity contribution is -0.0204. The third kappa shape index (κ3) is 3.72. The molecule has 3 aliphatic rings. The zero-order valence-electron chi connectivity index (χ0n) is 17.3. The van der Waals surface area contributed by atoms with Crippen molar-refractivity contribution in [3.05, 3.63) is 71.3 Å². The fourth-order valence-electron chi connectivity index (χ4n) is 5.27. The predicted molar refractivity (Wildman–Crippen MR) is 115 cm³/mol. The number of amides is 1. The Kier molecular flexibility index (Phi) is 5.03. The van der Waals surface area contributed by atoms with Gasteiger partial charge in [0.2, 0.25) is 0 Å². The van der Waals surface area contributed by atoms with E-state index in [2.05, 4.69) is 29.6 Å². The second-order valence-corrected chi connectivity index (χ2v) is 9.20. The molecule has 2 fully saturated rings. The monoisotopic (exact) mass is 406 g/mol. The Morgan fingerprint density at radius 1 is 1.07 bits per heavy atom. The molecular formula is C25H30N2O3. The van der Waals surface area contributed by atoms with Gasteiger partial charge in [-0.05, 0) is 48.8 Å². The summed E-state index contributed by atoms with van der Waals surface area (Å²) in [6.07, 6.45) is 4.41. The molecule has 1 saturated carbocycles. The van der Waals surface area contributed by atoms with E-state index in [1.54, 1.807) is 4.90 Å². The number of likely N-dealkylation sites (tertiary alicyclic amines) is 1. The number of carbonyl (C=O) groups excluding carboxylic acids is 1. The fraction of sp³-hybridized carbons (Fsp3) is 0.480. The first-order valence-corrected chi connectivity index (χ1v) is 11.1. The second kappa shape index (κ2) is 7.71. The molecule has 0 aromatic heterocycles. The molecule has 30 heavy (non-hydrogen) atoms. The quantitative estimate of drug-likeness (QED) is 0.799. The summed E-state index contributed by atoms with van der Waals surface area (Å²) in [5, 5.41) is 14.7. The van der Waals surface area contributed by atoms with E-state index in [-0.39, 0.29) is 18.1 Å². The first-order chi connectivity index (χ1) is 14.6. The molecule has 5 nitrogen and oxygen atoms in total. The van der Waals surface area contributed by atoms with Crippen molar-refractivity contribution < 1.29 is 14.6 Å². The summed E-state index contributed by atoms with van der Waals surface area (Å²) >= 11 is 0. The van der Waals surface area contributed by atoms with Crippen LogP contribution < -0.4 is 5.32 Å². The van der Waals surface area contributed by atoms with Crippen molar-refractivity contribution in [2.45, 2.75) is 55.8 Å². The van der Waals surface area contributed by atoms with Crippen LogP contribution in [0.4, 0.5) is 4.79 Å². The molecule has 2 aromatic carbocycles. The highest BCUT2D eigenvalue weighted by molar-refractivity contribution is 5.67. The maximum Gasteiger partial charge on any atom is 0.410 e. The summed E-state index contributed by atoms with van der Waals surface area (Å²) in [7, 11) is 0. The molecule has 2 aliphatic carbocycles. The molecule has 0 bridgehead atoms. The van der Waals surface area contributed by atoms with Gasteiger partial charge < -0.3 is 20.1 Å². The summed E-state index contributed by atoms with van der Waals surface area (Å²) in [6.45, 7) is 1.94. The van der Waals surface area contributed by atoms with Gasteiger partial charge in [-0.1, -0.05) is 54.6 Å². The number of nitrogens with zero attached hydrogens (tertiary/aromatic N) is 1. The van der Waals surface area contributed by atoms with E-state index in [0.29, 0.717) is 38.5 Å².